The molecule has 0 aliphatic heterocycles. The van der Waals surface area contributed by atoms with Crippen LogP contribution in [-0.2, 0) is 20.3 Å². The molecule has 0 bridgehead atoms. The zero-order valence-corrected chi connectivity index (χ0v) is 17.0. The van der Waals surface area contributed by atoms with Gasteiger partial charge in [-0.25, -0.2) is 13.2 Å². The average Bonchev–Trinajstić information content (AvgIpc) is 2.43. The molecule has 7 heteroatoms. The number of rotatable bonds is 10. The lowest BCUT2D eigenvalue weighted by Crippen LogP contribution is -2.42. The summed E-state index contributed by atoms with van der Waals surface area (Å²) in [5, 5.41) is 0. The minimum Gasteiger partial charge on any atom is -0.380 e. The predicted molar refractivity (Wildman–Crippen MR) is 90.1 cm³/mol. The van der Waals surface area contributed by atoms with Gasteiger partial charge in [0.2, 0.25) is 0 Å². The summed E-state index contributed by atoms with van der Waals surface area (Å²) < 4.78 is 57.4. The van der Waals surface area contributed by atoms with Crippen LogP contribution in [0, 0.1) is 17.5 Å². The van der Waals surface area contributed by atoms with Crippen LogP contribution in [0.25, 0.3) is 0 Å². The summed E-state index contributed by atoms with van der Waals surface area (Å²) in [5.41, 5.74) is -0.0941. The fraction of sp³-hybridized carbons (Fsp3) is 0.647. The second-order valence-electron chi connectivity index (χ2n) is 6.28. The van der Waals surface area contributed by atoms with Gasteiger partial charge in [0.05, 0.1) is 12.2 Å². The van der Waals surface area contributed by atoms with E-state index in [0.29, 0.717) is 41.9 Å². The van der Waals surface area contributed by atoms with Gasteiger partial charge in [-0.2, -0.15) is 0 Å². The third-order valence-electron chi connectivity index (χ3n) is 3.41. The summed E-state index contributed by atoms with van der Waals surface area (Å²) in [7, 11) is 0.435. The highest BCUT2D eigenvalue weighted by molar-refractivity contribution is 5.98. The Morgan fingerprint density at radius 3 is 1.88 bits per heavy atom. The van der Waals surface area contributed by atoms with Crippen molar-refractivity contribution in [2.45, 2.75) is 71.6 Å². The van der Waals surface area contributed by atoms with E-state index in [1.165, 1.54) is 0 Å². The van der Waals surface area contributed by atoms with Gasteiger partial charge in [0.25, 0.3) is 5.97 Å². The van der Waals surface area contributed by atoms with Crippen LogP contribution in [0.1, 0.15) is 52.5 Å². The Balaban J connectivity index is 2.65. The zero-order chi connectivity index (χ0) is 18.3. The van der Waals surface area contributed by atoms with Gasteiger partial charge in [0.1, 0.15) is 17.5 Å². The van der Waals surface area contributed by atoms with Crippen LogP contribution in [0.3, 0.4) is 0 Å². The van der Waals surface area contributed by atoms with E-state index in [1.54, 1.807) is 0 Å². The van der Waals surface area contributed by atoms with Crippen molar-refractivity contribution in [2.24, 2.45) is 0 Å². The highest BCUT2D eigenvalue weighted by atomic mass is 28.2. The number of unbranched alkanes of at least 4 members (excludes halogenated alkanes) is 1. The first-order chi connectivity index (χ1) is 11.2. The summed E-state index contributed by atoms with van der Waals surface area (Å²) in [6.07, 6.45) is 1.58. The van der Waals surface area contributed by atoms with Gasteiger partial charge >= 0.3 is 0 Å². The molecule has 0 atom stereocenters. The van der Waals surface area contributed by atoms with Crippen LogP contribution in [-0.4, -0.2) is 28.7 Å². The quantitative estimate of drug-likeness (QED) is 0.361. The molecule has 0 saturated carbocycles. The van der Waals surface area contributed by atoms with Crippen molar-refractivity contribution in [3.8, 4) is 0 Å². The molecule has 138 valence electrons. The molecule has 0 N–H and O–H groups in total. The summed E-state index contributed by atoms with van der Waals surface area (Å²) in [6, 6.07) is 1.40. The third-order valence-corrected chi connectivity index (χ3v) is 4.03. The molecule has 0 unspecified atom stereocenters. The summed E-state index contributed by atoms with van der Waals surface area (Å²) in [5.74, 6) is -3.73. The first-order valence-electron chi connectivity index (χ1n) is 8.23. The Morgan fingerprint density at radius 1 is 0.958 bits per heavy atom. The van der Waals surface area contributed by atoms with Crippen molar-refractivity contribution in [1.82, 2.24) is 0 Å². The lowest BCUT2D eigenvalue weighted by molar-refractivity contribution is -0.369. The van der Waals surface area contributed by atoms with Crippen molar-refractivity contribution in [3.05, 3.63) is 35.1 Å². The molecule has 0 fully saturated rings. The maximum absolute atomic E-state index is 13.6. The fourth-order valence-corrected chi connectivity index (χ4v) is 2.91. The van der Waals surface area contributed by atoms with Crippen molar-refractivity contribution < 1.29 is 27.1 Å². The first-order valence-corrected chi connectivity index (χ1v) is 9.05. The van der Waals surface area contributed by atoms with Gasteiger partial charge in [-0.1, -0.05) is 0 Å². The number of ether oxygens (including phenoxy) is 2. The van der Waals surface area contributed by atoms with Gasteiger partial charge in [0, 0.05) is 24.1 Å². The number of benzene rings is 1. The summed E-state index contributed by atoms with van der Waals surface area (Å²) >= 11 is 0. The van der Waals surface area contributed by atoms with E-state index in [-0.39, 0.29) is 24.2 Å². The van der Waals surface area contributed by atoms with Crippen LogP contribution >= 0.6 is 0 Å². The summed E-state index contributed by atoms with van der Waals surface area (Å²) in [4.78, 5) is 0. The van der Waals surface area contributed by atoms with Crippen LogP contribution in [0.15, 0.2) is 12.1 Å². The molecule has 1 aromatic carbocycles. The maximum atomic E-state index is 13.6. The molecule has 0 aliphatic carbocycles. The topological polar surface area (TPSA) is 27.7 Å². The smallest absolute Gasteiger partial charge is 0.273 e. The molecular formula is C17H27F3O3Si. The summed E-state index contributed by atoms with van der Waals surface area (Å²) in [6.45, 7) is 7.56. The molecule has 0 heterocycles. The van der Waals surface area contributed by atoms with E-state index >= 15 is 0 Å². The molecule has 24 heavy (non-hydrogen) atoms. The van der Waals surface area contributed by atoms with E-state index in [9.17, 15) is 13.2 Å². The Labute approximate surface area is 145 Å². The molecule has 0 spiro atoms. The predicted octanol–water partition coefficient (Wildman–Crippen LogP) is 3.62. The lowest BCUT2D eigenvalue weighted by atomic mass is 10.0. The highest BCUT2D eigenvalue weighted by Gasteiger charge is 2.33. The van der Waals surface area contributed by atoms with Crippen LogP contribution in [0.2, 0.25) is 0 Å². The van der Waals surface area contributed by atoms with Gasteiger partial charge < -0.3 is 13.9 Å². The van der Waals surface area contributed by atoms with E-state index in [2.05, 4.69) is 0 Å². The SMILES string of the molecule is CC(C)OC(CCCCc1c(F)cc(F)cc1F)(O[SiH3])OC(C)C. The van der Waals surface area contributed by atoms with Crippen LogP contribution < -0.4 is 0 Å². The van der Waals surface area contributed by atoms with Crippen molar-refractivity contribution in [3.63, 3.8) is 0 Å². The lowest BCUT2D eigenvalue weighted by Gasteiger charge is -2.36. The first kappa shape index (κ1) is 21.2. The standard InChI is InChI=1S/C17H27F3O3Si/c1-11(2)21-17(23-24,22-12(3)4)8-6-5-7-14-15(19)9-13(18)10-16(14)20/h9-12H,5-8H2,1-4,24H3. The number of hydrogen-bond donors (Lipinski definition) is 0. The van der Waals surface area contributed by atoms with E-state index < -0.39 is 23.4 Å². The Hall–Kier alpha value is -0.893. The molecule has 0 saturated heterocycles. The van der Waals surface area contributed by atoms with Gasteiger partial charge in [-0.3, -0.25) is 0 Å². The molecule has 1 rings (SSSR count). The molecule has 0 aromatic heterocycles. The highest BCUT2D eigenvalue weighted by Crippen LogP contribution is 2.26. The van der Waals surface area contributed by atoms with Gasteiger partial charge in [0.15, 0.2) is 10.5 Å². The maximum Gasteiger partial charge on any atom is 0.273 e. The normalized spacial score (nSPS) is 12.5. The Kier molecular flexibility index (Phi) is 8.42. The fourth-order valence-electron chi connectivity index (χ4n) is 2.52. The molecule has 0 amide bonds. The largest absolute Gasteiger partial charge is 0.380 e. The molecular weight excluding hydrogens is 337 g/mol. The second-order valence-corrected chi connectivity index (χ2v) is 6.68. The second kappa shape index (κ2) is 9.55. The molecule has 3 nitrogen and oxygen atoms in total. The third kappa shape index (κ3) is 6.55. The monoisotopic (exact) mass is 364 g/mol. The average molecular weight is 364 g/mol. The van der Waals surface area contributed by atoms with E-state index in [4.69, 9.17) is 13.9 Å². The van der Waals surface area contributed by atoms with Crippen molar-refractivity contribution >= 4 is 10.5 Å². The molecule has 0 aliphatic rings. The van der Waals surface area contributed by atoms with Crippen molar-refractivity contribution in [1.29, 1.82) is 0 Å². The Bertz CT molecular complexity index is 491. The van der Waals surface area contributed by atoms with Crippen molar-refractivity contribution in [2.75, 3.05) is 0 Å². The van der Waals surface area contributed by atoms with Gasteiger partial charge in [-0.15, -0.1) is 0 Å². The number of hydrogen-bond acceptors (Lipinski definition) is 3. The van der Waals surface area contributed by atoms with E-state index in [0.717, 1.165) is 0 Å². The minimum atomic E-state index is -1.12. The van der Waals surface area contributed by atoms with Crippen LogP contribution in [0.4, 0.5) is 13.2 Å². The van der Waals surface area contributed by atoms with Crippen LogP contribution in [0.5, 0.6) is 0 Å². The van der Waals surface area contributed by atoms with E-state index in [1.807, 2.05) is 27.7 Å². The minimum absolute atomic E-state index is 0.0790. The number of halogens is 3. The Morgan fingerprint density at radius 2 is 1.46 bits per heavy atom. The zero-order valence-electron chi connectivity index (χ0n) is 15.0. The molecule has 0 radical (unpaired) electrons. The van der Waals surface area contributed by atoms with Gasteiger partial charge in [-0.05, 0) is 47.0 Å². The molecule has 1 aromatic rings.